The van der Waals surface area contributed by atoms with Crippen LogP contribution in [0.5, 0.6) is 0 Å². The van der Waals surface area contributed by atoms with Gasteiger partial charge in [-0.2, -0.15) is 0 Å². The fourth-order valence-electron chi connectivity index (χ4n) is 1.82. The van der Waals surface area contributed by atoms with Crippen molar-refractivity contribution in [1.82, 2.24) is 4.98 Å². The van der Waals surface area contributed by atoms with Gasteiger partial charge in [-0.25, -0.2) is 4.98 Å². The van der Waals surface area contributed by atoms with Gasteiger partial charge in [-0.3, -0.25) is 4.79 Å². The summed E-state index contributed by atoms with van der Waals surface area (Å²) in [5.74, 6) is 0.210. The van der Waals surface area contributed by atoms with Gasteiger partial charge in [0.05, 0.1) is 20.5 Å². The number of hydrogen-bond donors (Lipinski definition) is 1. The second-order valence-corrected chi connectivity index (χ2v) is 7.24. The molecule has 0 spiro atoms. The zero-order valence-electron chi connectivity index (χ0n) is 11.2. The predicted molar refractivity (Wildman–Crippen MR) is 95.4 cm³/mol. The topological polar surface area (TPSA) is 42.0 Å². The highest BCUT2D eigenvalue weighted by Gasteiger charge is 2.12. The molecule has 0 atom stereocenters. The van der Waals surface area contributed by atoms with Crippen LogP contribution in [-0.2, 0) is 4.79 Å². The quantitative estimate of drug-likeness (QED) is 0.632. The van der Waals surface area contributed by atoms with Gasteiger partial charge < -0.3 is 5.32 Å². The van der Waals surface area contributed by atoms with Crippen LogP contribution >= 0.6 is 46.3 Å². The maximum Gasteiger partial charge on any atom is 0.236 e. The molecule has 1 amide bonds. The van der Waals surface area contributed by atoms with Gasteiger partial charge in [0.25, 0.3) is 0 Å². The number of anilines is 1. The van der Waals surface area contributed by atoms with Crippen LogP contribution < -0.4 is 5.32 Å². The van der Waals surface area contributed by atoms with Gasteiger partial charge in [-0.15, -0.1) is 11.8 Å². The number of fused-ring (bicyclic) bond motifs is 1. The second kappa shape index (κ2) is 6.87. The highest BCUT2D eigenvalue weighted by Crippen LogP contribution is 2.36. The van der Waals surface area contributed by atoms with Crippen LogP contribution in [0, 0.1) is 0 Å². The summed E-state index contributed by atoms with van der Waals surface area (Å²) in [6.07, 6.45) is 0. The predicted octanol–water partition coefficient (Wildman–Crippen LogP) is 5.33. The number of carbonyl (C=O) groups excluding carboxylic acids is 1. The molecule has 0 saturated carbocycles. The number of carbonyl (C=O) groups is 1. The largest absolute Gasteiger partial charge is 0.301 e. The van der Waals surface area contributed by atoms with Crippen molar-refractivity contribution in [3.05, 3.63) is 52.5 Å². The molecule has 1 N–H and O–H groups in total. The number of nitrogens with zero attached hydrogens (tertiary/aromatic N) is 1. The molecule has 3 aromatic rings. The lowest BCUT2D eigenvalue weighted by Crippen LogP contribution is -2.13. The first-order valence-electron chi connectivity index (χ1n) is 6.36. The summed E-state index contributed by atoms with van der Waals surface area (Å²) in [5.41, 5.74) is 0.616. The number of hydrogen-bond acceptors (Lipinski definition) is 4. The van der Waals surface area contributed by atoms with Gasteiger partial charge in [0.2, 0.25) is 5.91 Å². The zero-order chi connectivity index (χ0) is 15.5. The summed E-state index contributed by atoms with van der Waals surface area (Å²) in [7, 11) is 0. The fourth-order valence-corrected chi connectivity index (χ4v) is 3.98. The minimum Gasteiger partial charge on any atom is -0.301 e. The highest BCUT2D eigenvalue weighted by molar-refractivity contribution is 8.00. The molecule has 22 heavy (non-hydrogen) atoms. The van der Waals surface area contributed by atoms with Crippen molar-refractivity contribution in [2.45, 2.75) is 4.90 Å². The Balaban J connectivity index is 1.69. The van der Waals surface area contributed by atoms with E-state index in [2.05, 4.69) is 10.3 Å². The lowest BCUT2D eigenvalue weighted by Gasteiger charge is -2.01. The molecule has 1 aromatic heterocycles. The highest BCUT2D eigenvalue weighted by atomic mass is 35.5. The molecule has 0 bridgehead atoms. The number of rotatable bonds is 4. The first kappa shape index (κ1) is 15.6. The summed E-state index contributed by atoms with van der Waals surface area (Å²) in [4.78, 5) is 17.4. The third kappa shape index (κ3) is 3.55. The summed E-state index contributed by atoms with van der Waals surface area (Å²) in [6, 6.07) is 13.2. The van der Waals surface area contributed by atoms with Crippen molar-refractivity contribution in [1.29, 1.82) is 0 Å². The summed E-state index contributed by atoms with van der Waals surface area (Å²) in [6.45, 7) is 0. The Hall–Kier alpha value is -1.27. The molecule has 0 aliphatic heterocycles. The van der Waals surface area contributed by atoms with Crippen molar-refractivity contribution >= 4 is 67.6 Å². The molecule has 3 rings (SSSR count). The minimum absolute atomic E-state index is 0.111. The van der Waals surface area contributed by atoms with Crippen LogP contribution in [0.2, 0.25) is 10.0 Å². The Bertz CT molecular complexity index is 782. The maximum absolute atomic E-state index is 12.0. The van der Waals surface area contributed by atoms with Gasteiger partial charge in [0.1, 0.15) is 5.52 Å². The van der Waals surface area contributed by atoms with Crippen LogP contribution in [0.1, 0.15) is 0 Å². The van der Waals surface area contributed by atoms with E-state index >= 15 is 0 Å². The average molecular weight is 369 g/mol. The molecule has 112 valence electrons. The third-order valence-electron chi connectivity index (χ3n) is 2.81. The Labute approximate surface area is 145 Å². The van der Waals surface area contributed by atoms with E-state index in [9.17, 15) is 4.79 Å². The number of thiazole rings is 1. The van der Waals surface area contributed by atoms with Gasteiger partial charge in [0.15, 0.2) is 5.13 Å². The van der Waals surface area contributed by atoms with E-state index in [1.165, 1.54) is 23.1 Å². The second-order valence-electron chi connectivity index (χ2n) is 4.38. The van der Waals surface area contributed by atoms with E-state index in [-0.39, 0.29) is 5.91 Å². The van der Waals surface area contributed by atoms with Crippen molar-refractivity contribution < 1.29 is 4.79 Å². The van der Waals surface area contributed by atoms with E-state index < -0.39 is 0 Å². The van der Waals surface area contributed by atoms with Crippen LogP contribution in [-0.4, -0.2) is 16.6 Å². The molecule has 0 aliphatic carbocycles. The monoisotopic (exact) mass is 368 g/mol. The van der Waals surface area contributed by atoms with Crippen LogP contribution in [0.3, 0.4) is 0 Å². The molecule has 0 radical (unpaired) electrons. The Kier molecular flexibility index (Phi) is 4.88. The molecule has 2 aromatic carbocycles. The van der Waals surface area contributed by atoms with E-state index in [0.717, 1.165) is 9.60 Å². The van der Waals surface area contributed by atoms with E-state index in [1.807, 2.05) is 30.3 Å². The maximum atomic E-state index is 12.0. The fraction of sp³-hybridized carbons (Fsp3) is 0.0667. The lowest BCUT2D eigenvalue weighted by molar-refractivity contribution is -0.113. The molecule has 0 fully saturated rings. The Morgan fingerprint density at radius 2 is 1.86 bits per heavy atom. The number of amides is 1. The molecule has 1 heterocycles. The number of nitrogens with one attached hydrogen (secondary N) is 1. The van der Waals surface area contributed by atoms with Gasteiger partial charge in [-0.1, -0.05) is 52.7 Å². The smallest absolute Gasteiger partial charge is 0.236 e. The number of aromatic nitrogens is 1. The van der Waals surface area contributed by atoms with Gasteiger partial charge in [0, 0.05) is 4.90 Å². The average Bonchev–Trinajstić information content (AvgIpc) is 2.95. The minimum atomic E-state index is -0.111. The van der Waals surface area contributed by atoms with Gasteiger partial charge in [-0.05, 0) is 24.3 Å². The van der Waals surface area contributed by atoms with Crippen molar-refractivity contribution in [2.75, 3.05) is 11.1 Å². The molecular formula is C15H10Cl2N2OS2. The third-order valence-corrected chi connectivity index (χ3v) is 5.55. The van der Waals surface area contributed by atoms with Crippen LogP contribution in [0.15, 0.2) is 47.4 Å². The summed E-state index contributed by atoms with van der Waals surface area (Å²) < 4.78 is 0.778. The SMILES string of the molecule is O=C(CSc1ccccc1)Nc1nc2c(Cl)ccc(Cl)c2s1. The molecule has 0 aliphatic rings. The Morgan fingerprint density at radius 1 is 1.14 bits per heavy atom. The van der Waals surface area contributed by atoms with E-state index in [0.29, 0.717) is 26.4 Å². The molecular weight excluding hydrogens is 359 g/mol. The van der Waals surface area contributed by atoms with E-state index in [1.54, 1.807) is 12.1 Å². The normalized spacial score (nSPS) is 10.8. The Morgan fingerprint density at radius 3 is 2.59 bits per heavy atom. The van der Waals surface area contributed by atoms with Crippen LogP contribution in [0.4, 0.5) is 5.13 Å². The van der Waals surface area contributed by atoms with Crippen molar-refractivity contribution in [3.63, 3.8) is 0 Å². The number of thioether (sulfide) groups is 1. The van der Waals surface area contributed by atoms with Gasteiger partial charge >= 0.3 is 0 Å². The van der Waals surface area contributed by atoms with Crippen molar-refractivity contribution in [3.8, 4) is 0 Å². The zero-order valence-corrected chi connectivity index (χ0v) is 14.3. The summed E-state index contributed by atoms with van der Waals surface area (Å²) >= 11 is 15.0. The molecule has 7 heteroatoms. The van der Waals surface area contributed by atoms with Crippen molar-refractivity contribution in [2.24, 2.45) is 0 Å². The van der Waals surface area contributed by atoms with E-state index in [4.69, 9.17) is 23.2 Å². The lowest BCUT2D eigenvalue weighted by atomic mass is 10.3. The number of benzene rings is 2. The molecule has 0 unspecified atom stereocenters. The van der Waals surface area contributed by atoms with Crippen LogP contribution in [0.25, 0.3) is 10.2 Å². The first-order valence-corrected chi connectivity index (χ1v) is 8.91. The summed E-state index contributed by atoms with van der Waals surface area (Å²) in [5, 5.41) is 4.39. The number of halogens is 2. The standard InChI is InChI=1S/C15H10Cl2N2OS2/c16-10-6-7-11(17)14-13(10)19-15(22-14)18-12(20)8-21-9-4-2-1-3-5-9/h1-7H,8H2,(H,18,19,20). The first-order chi connectivity index (χ1) is 10.6. The molecule has 3 nitrogen and oxygen atoms in total. The molecule has 0 saturated heterocycles.